The third-order valence-electron chi connectivity index (χ3n) is 3.30. The molecular weight excluding hydrogens is 338 g/mol. The third kappa shape index (κ3) is 3.49. The molecule has 0 aliphatic heterocycles. The van der Waals surface area contributed by atoms with Crippen molar-refractivity contribution in [3.63, 3.8) is 0 Å². The molecule has 0 aliphatic carbocycles. The molecule has 0 aliphatic rings. The number of hydrogen-bond acceptors (Lipinski definition) is 5. The Balaban J connectivity index is 2.46. The number of hydrogen-bond donors (Lipinski definition) is 1. The maximum Gasteiger partial charge on any atom is 0.293 e. The van der Waals surface area contributed by atoms with E-state index in [0.29, 0.717) is 11.1 Å². The zero-order chi connectivity index (χ0) is 18.0. The number of carbonyl (C=O) groups excluding carboxylic acids is 1. The molecule has 0 atom stereocenters. The Hall–Kier alpha value is -3.00. The summed E-state index contributed by atoms with van der Waals surface area (Å²) in [6.45, 7) is 3.31. The smallest absolute Gasteiger partial charge is 0.293 e. The molecule has 0 saturated carbocycles. The highest BCUT2D eigenvalue weighted by molar-refractivity contribution is 6.34. The lowest BCUT2D eigenvalue weighted by atomic mass is 10.1. The summed E-state index contributed by atoms with van der Waals surface area (Å²) in [5, 5.41) is 24.4. The molecule has 9 heteroatoms. The van der Waals surface area contributed by atoms with E-state index in [1.165, 1.54) is 18.2 Å². The predicted molar refractivity (Wildman–Crippen MR) is 88.6 cm³/mol. The van der Waals surface area contributed by atoms with Crippen molar-refractivity contribution in [3.05, 3.63) is 72.3 Å². The van der Waals surface area contributed by atoms with Crippen LogP contribution in [0.15, 0.2) is 30.3 Å². The summed E-state index contributed by atoms with van der Waals surface area (Å²) in [6, 6.07) is 6.42. The second kappa shape index (κ2) is 6.63. The minimum atomic E-state index is -0.765. The number of anilines is 1. The number of halogens is 1. The highest BCUT2D eigenvalue weighted by Gasteiger charge is 2.22. The molecule has 0 bridgehead atoms. The van der Waals surface area contributed by atoms with Gasteiger partial charge in [-0.05, 0) is 31.0 Å². The van der Waals surface area contributed by atoms with Gasteiger partial charge in [-0.15, -0.1) is 0 Å². The molecule has 8 nitrogen and oxygen atoms in total. The van der Waals surface area contributed by atoms with E-state index in [9.17, 15) is 25.0 Å². The zero-order valence-electron chi connectivity index (χ0n) is 12.7. The average molecular weight is 350 g/mol. The van der Waals surface area contributed by atoms with Gasteiger partial charge in [-0.1, -0.05) is 17.7 Å². The molecule has 1 amide bonds. The van der Waals surface area contributed by atoms with E-state index < -0.39 is 15.8 Å². The molecule has 0 saturated heterocycles. The van der Waals surface area contributed by atoms with Crippen LogP contribution in [0.5, 0.6) is 0 Å². The van der Waals surface area contributed by atoms with Gasteiger partial charge in [-0.3, -0.25) is 25.0 Å². The monoisotopic (exact) mass is 349 g/mol. The largest absolute Gasteiger partial charge is 0.316 e. The van der Waals surface area contributed by atoms with E-state index in [-0.39, 0.29) is 27.6 Å². The maximum atomic E-state index is 12.4. The number of nitro groups is 2. The number of aryl methyl sites for hydroxylation is 2. The Morgan fingerprint density at radius 2 is 1.75 bits per heavy atom. The molecule has 0 radical (unpaired) electrons. The Labute approximate surface area is 141 Å². The van der Waals surface area contributed by atoms with Crippen LogP contribution in [0.4, 0.5) is 17.1 Å². The molecule has 124 valence electrons. The first-order valence-electron chi connectivity index (χ1n) is 6.71. The summed E-state index contributed by atoms with van der Waals surface area (Å²) < 4.78 is 0. The van der Waals surface area contributed by atoms with Gasteiger partial charge in [0.2, 0.25) is 0 Å². The third-order valence-corrected chi connectivity index (χ3v) is 3.63. The molecule has 0 spiro atoms. The standard InChI is InChI=1S/C15H12ClN3O5/c1-8-5-9(2)14(13(6-8)19(23)24)17-15(20)11-7-10(18(21)22)3-4-12(11)16/h3-7H,1-2H3,(H,17,20). The second-order valence-corrected chi connectivity index (χ2v) is 5.52. The van der Waals surface area contributed by atoms with E-state index >= 15 is 0 Å². The minimum absolute atomic E-state index is 0.00511. The van der Waals surface area contributed by atoms with Gasteiger partial charge in [-0.2, -0.15) is 0 Å². The first-order chi connectivity index (χ1) is 11.2. The highest BCUT2D eigenvalue weighted by atomic mass is 35.5. The Morgan fingerprint density at radius 1 is 1.08 bits per heavy atom. The summed E-state index contributed by atoms with van der Waals surface area (Å²) in [4.78, 5) is 33.1. The van der Waals surface area contributed by atoms with E-state index in [1.54, 1.807) is 19.9 Å². The topological polar surface area (TPSA) is 115 Å². The van der Waals surface area contributed by atoms with Crippen LogP contribution in [0.2, 0.25) is 5.02 Å². The summed E-state index contributed by atoms with van der Waals surface area (Å²) >= 11 is 5.91. The predicted octanol–water partition coefficient (Wildman–Crippen LogP) is 4.03. The van der Waals surface area contributed by atoms with Crippen molar-refractivity contribution in [1.29, 1.82) is 0 Å². The normalized spacial score (nSPS) is 10.3. The highest BCUT2D eigenvalue weighted by Crippen LogP contribution is 2.31. The van der Waals surface area contributed by atoms with Gasteiger partial charge >= 0.3 is 0 Å². The van der Waals surface area contributed by atoms with E-state index in [4.69, 9.17) is 11.6 Å². The quantitative estimate of drug-likeness (QED) is 0.660. The summed E-state index contributed by atoms with van der Waals surface area (Å²) in [5.41, 5.74) is 0.488. The van der Waals surface area contributed by atoms with Crippen molar-refractivity contribution >= 4 is 34.6 Å². The molecule has 2 rings (SSSR count). The fraction of sp³-hybridized carbons (Fsp3) is 0.133. The van der Waals surface area contributed by atoms with E-state index in [0.717, 1.165) is 6.07 Å². The molecule has 0 heterocycles. The Kier molecular flexibility index (Phi) is 4.79. The summed E-state index contributed by atoms with van der Waals surface area (Å²) in [7, 11) is 0. The Bertz CT molecular complexity index is 866. The number of rotatable bonds is 4. The zero-order valence-corrected chi connectivity index (χ0v) is 13.5. The van der Waals surface area contributed by atoms with Crippen molar-refractivity contribution in [1.82, 2.24) is 0 Å². The number of benzene rings is 2. The molecular formula is C15H12ClN3O5. The minimum Gasteiger partial charge on any atom is -0.316 e. The lowest BCUT2D eigenvalue weighted by Crippen LogP contribution is -2.15. The van der Waals surface area contributed by atoms with Crippen LogP contribution in [0.25, 0.3) is 0 Å². The van der Waals surface area contributed by atoms with Gasteiger partial charge in [-0.25, -0.2) is 0 Å². The lowest BCUT2D eigenvalue weighted by Gasteiger charge is -2.11. The van der Waals surface area contributed by atoms with Crippen LogP contribution < -0.4 is 5.32 Å². The first kappa shape index (κ1) is 17.4. The van der Waals surface area contributed by atoms with Crippen molar-refractivity contribution in [2.45, 2.75) is 13.8 Å². The number of nitro benzene ring substituents is 2. The van der Waals surface area contributed by atoms with Crippen LogP contribution in [0, 0.1) is 34.1 Å². The Morgan fingerprint density at radius 3 is 2.33 bits per heavy atom. The van der Waals surface area contributed by atoms with Crippen LogP contribution in [0.1, 0.15) is 21.5 Å². The van der Waals surface area contributed by atoms with Gasteiger partial charge in [0.15, 0.2) is 0 Å². The van der Waals surface area contributed by atoms with E-state index in [1.807, 2.05) is 0 Å². The van der Waals surface area contributed by atoms with Gasteiger partial charge in [0.25, 0.3) is 17.3 Å². The van der Waals surface area contributed by atoms with Gasteiger partial charge < -0.3 is 5.32 Å². The SMILES string of the molecule is Cc1cc(C)c(NC(=O)c2cc([N+](=O)[O-])ccc2Cl)c([N+](=O)[O-])c1. The number of nitrogens with one attached hydrogen (secondary N) is 1. The average Bonchev–Trinajstić information content (AvgIpc) is 2.49. The molecule has 2 aromatic rings. The van der Waals surface area contributed by atoms with Crippen LogP contribution in [-0.4, -0.2) is 15.8 Å². The number of nitrogens with zero attached hydrogens (tertiary/aromatic N) is 2. The fourth-order valence-electron chi connectivity index (χ4n) is 2.23. The molecule has 1 N–H and O–H groups in total. The number of non-ortho nitro benzene ring substituents is 1. The maximum absolute atomic E-state index is 12.4. The van der Waals surface area contributed by atoms with Crippen molar-refractivity contribution < 1.29 is 14.6 Å². The number of amides is 1. The number of carbonyl (C=O) groups is 1. The first-order valence-corrected chi connectivity index (χ1v) is 7.09. The van der Waals surface area contributed by atoms with Crippen LogP contribution in [0.3, 0.4) is 0 Å². The lowest BCUT2D eigenvalue weighted by molar-refractivity contribution is -0.384. The van der Waals surface area contributed by atoms with Crippen molar-refractivity contribution in [2.75, 3.05) is 5.32 Å². The fourth-order valence-corrected chi connectivity index (χ4v) is 2.44. The van der Waals surface area contributed by atoms with Gasteiger partial charge in [0.05, 0.1) is 20.4 Å². The van der Waals surface area contributed by atoms with Crippen LogP contribution >= 0.6 is 11.6 Å². The molecule has 24 heavy (non-hydrogen) atoms. The molecule has 0 aromatic heterocycles. The van der Waals surface area contributed by atoms with Gasteiger partial charge in [0, 0.05) is 18.2 Å². The van der Waals surface area contributed by atoms with E-state index in [2.05, 4.69) is 5.32 Å². The summed E-state index contributed by atoms with van der Waals surface area (Å²) in [6.07, 6.45) is 0. The molecule has 2 aromatic carbocycles. The van der Waals surface area contributed by atoms with Gasteiger partial charge in [0.1, 0.15) is 5.69 Å². The molecule has 0 fully saturated rings. The summed E-state index contributed by atoms with van der Waals surface area (Å²) in [5.74, 6) is -0.765. The van der Waals surface area contributed by atoms with Crippen molar-refractivity contribution in [2.24, 2.45) is 0 Å². The second-order valence-electron chi connectivity index (χ2n) is 5.11. The van der Waals surface area contributed by atoms with Crippen LogP contribution in [-0.2, 0) is 0 Å². The van der Waals surface area contributed by atoms with Crippen molar-refractivity contribution in [3.8, 4) is 0 Å². The molecule has 0 unspecified atom stereocenters.